The third-order valence-electron chi connectivity index (χ3n) is 3.73. The van der Waals surface area contributed by atoms with E-state index in [9.17, 15) is 4.79 Å². The second kappa shape index (κ2) is 6.82. The molecule has 21 heavy (non-hydrogen) atoms. The van der Waals surface area contributed by atoms with Gasteiger partial charge >= 0.3 is 0 Å². The van der Waals surface area contributed by atoms with E-state index in [2.05, 4.69) is 20.2 Å². The first kappa shape index (κ1) is 14.2. The lowest BCUT2D eigenvalue weighted by molar-refractivity contribution is 0.0853. The Morgan fingerprint density at radius 3 is 2.95 bits per heavy atom. The summed E-state index contributed by atoms with van der Waals surface area (Å²) in [6, 6.07) is 1.73. The first-order valence-corrected chi connectivity index (χ1v) is 7.37. The van der Waals surface area contributed by atoms with Crippen molar-refractivity contribution in [3.63, 3.8) is 0 Å². The average molecular weight is 292 g/mol. The summed E-state index contributed by atoms with van der Waals surface area (Å²) in [5, 5.41) is 2.87. The van der Waals surface area contributed by atoms with Crippen molar-refractivity contribution < 1.29 is 14.3 Å². The summed E-state index contributed by atoms with van der Waals surface area (Å²) >= 11 is 0. The molecule has 1 N–H and O–H groups in total. The van der Waals surface area contributed by atoms with Gasteiger partial charge in [-0.2, -0.15) is 0 Å². The van der Waals surface area contributed by atoms with Crippen molar-refractivity contribution >= 4 is 11.7 Å². The number of hydrogen-bond donors (Lipinski definition) is 1. The maximum absolute atomic E-state index is 12.1. The molecule has 1 aromatic rings. The Kier molecular flexibility index (Phi) is 4.62. The van der Waals surface area contributed by atoms with E-state index in [1.54, 1.807) is 6.07 Å². The normalized spacial score (nSPS) is 22.3. The molecule has 2 saturated heterocycles. The van der Waals surface area contributed by atoms with Gasteiger partial charge in [0.05, 0.1) is 19.3 Å². The fraction of sp³-hybridized carbons (Fsp3) is 0.643. The summed E-state index contributed by atoms with van der Waals surface area (Å²) in [6.07, 6.45) is 3.64. The Balaban J connectivity index is 1.60. The molecule has 2 fully saturated rings. The van der Waals surface area contributed by atoms with E-state index in [0.717, 1.165) is 38.4 Å². The molecule has 114 valence electrons. The fourth-order valence-corrected chi connectivity index (χ4v) is 2.54. The van der Waals surface area contributed by atoms with Gasteiger partial charge in [0.25, 0.3) is 5.91 Å². The number of nitrogens with one attached hydrogen (secondary N) is 1. The Morgan fingerprint density at radius 2 is 2.19 bits per heavy atom. The molecule has 7 heteroatoms. The van der Waals surface area contributed by atoms with Crippen LogP contribution in [0.3, 0.4) is 0 Å². The minimum absolute atomic E-state index is 0.134. The number of amides is 1. The molecule has 7 nitrogen and oxygen atoms in total. The minimum atomic E-state index is -0.178. The van der Waals surface area contributed by atoms with Crippen LogP contribution in [-0.2, 0) is 9.47 Å². The van der Waals surface area contributed by atoms with Crippen molar-refractivity contribution in [3.8, 4) is 0 Å². The SMILES string of the molecule is O=C(NCC1CCCO1)c1cc(N2CCOCC2)ncn1. The van der Waals surface area contributed by atoms with E-state index in [1.807, 2.05) is 0 Å². The molecule has 2 aliphatic rings. The van der Waals surface area contributed by atoms with Crippen LogP contribution >= 0.6 is 0 Å². The molecular formula is C14H20N4O3. The average Bonchev–Trinajstić information content (AvgIpc) is 3.07. The second-order valence-corrected chi connectivity index (χ2v) is 5.21. The molecule has 0 bridgehead atoms. The standard InChI is InChI=1S/C14H20N4O3/c19-14(15-9-11-2-1-5-21-11)12-8-13(17-10-16-12)18-3-6-20-7-4-18/h8,10-11H,1-7,9H2,(H,15,19). The molecule has 0 radical (unpaired) electrons. The van der Waals surface area contributed by atoms with Crippen molar-refractivity contribution in [3.05, 3.63) is 18.1 Å². The molecule has 2 aliphatic heterocycles. The number of carbonyl (C=O) groups is 1. The van der Waals surface area contributed by atoms with Gasteiger partial charge in [-0.25, -0.2) is 9.97 Å². The molecule has 0 spiro atoms. The summed E-state index contributed by atoms with van der Waals surface area (Å²) in [4.78, 5) is 22.5. The van der Waals surface area contributed by atoms with E-state index in [4.69, 9.17) is 9.47 Å². The molecular weight excluding hydrogens is 272 g/mol. The Bertz CT molecular complexity index is 485. The Morgan fingerprint density at radius 1 is 1.33 bits per heavy atom. The van der Waals surface area contributed by atoms with E-state index >= 15 is 0 Å². The monoisotopic (exact) mass is 292 g/mol. The summed E-state index contributed by atoms with van der Waals surface area (Å²) in [5.41, 5.74) is 0.393. The van der Waals surface area contributed by atoms with E-state index in [1.165, 1.54) is 6.33 Å². The number of morpholine rings is 1. The largest absolute Gasteiger partial charge is 0.378 e. The first-order valence-electron chi connectivity index (χ1n) is 7.37. The lowest BCUT2D eigenvalue weighted by atomic mass is 10.2. The van der Waals surface area contributed by atoms with Crippen LogP contribution in [0.25, 0.3) is 0 Å². The number of nitrogens with zero attached hydrogens (tertiary/aromatic N) is 3. The van der Waals surface area contributed by atoms with Crippen LogP contribution in [-0.4, -0.2) is 61.4 Å². The number of anilines is 1. The van der Waals surface area contributed by atoms with Crippen LogP contribution in [0.2, 0.25) is 0 Å². The van der Waals surface area contributed by atoms with Gasteiger partial charge in [-0.1, -0.05) is 0 Å². The van der Waals surface area contributed by atoms with Crippen molar-refractivity contribution in [2.45, 2.75) is 18.9 Å². The van der Waals surface area contributed by atoms with Crippen molar-refractivity contribution in [1.82, 2.24) is 15.3 Å². The van der Waals surface area contributed by atoms with Crippen molar-refractivity contribution in [2.24, 2.45) is 0 Å². The third-order valence-corrected chi connectivity index (χ3v) is 3.73. The minimum Gasteiger partial charge on any atom is -0.378 e. The zero-order chi connectivity index (χ0) is 14.5. The maximum atomic E-state index is 12.1. The van der Waals surface area contributed by atoms with Gasteiger partial charge in [-0.3, -0.25) is 4.79 Å². The van der Waals surface area contributed by atoms with Gasteiger partial charge < -0.3 is 19.7 Å². The highest BCUT2D eigenvalue weighted by atomic mass is 16.5. The summed E-state index contributed by atoms with van der Waals surface area (Å²) in [7, 11) is 0. The Labute approximate surface area is 123 Å². The lowest BCUT2D eigenvalue weighted by Crippen LogP contribution is -2.37. The Hall–Kier alpha value is -1.73. The molecule has 0 aliphatic carbocycles. The summed E-state index contributed by atoms with van der Waals surface area (Å²) in [5.74, 6) is 0.595. The van der Waals surface area contributed by atoms with Crippen molar-refractivity contribution in [2.75, 3.05) is 44.4 Å². The van der Waals surface area contributed by atoms with Crippen LogP contribution in [0.5, 0.6) is 0 Å². The smallest absolute Gasteiger partial charge is 0.270 e. The zero-order valence-corrected chi connectivity index (χ0v) is 12.0. The van der Waals surface area contributed by atoms with Crippen LogP contribution in [0.15, 0.2) is 12.4 Å². The highest BCUT2D eigenvalue weighted by molar-refractivity contribution is 5.92. The van der Waals surface area contributed by atoms with Crippen LogP contribution in [0.1, 0.15) is 23.3 Å². The van der Waals surface area contributed by atoms with Crippen LogP contribution < -0.4 is 10.2 Å². The molecule has 3 rings (SSSR count). The molecule has 1 amide bonds. The predicted octanol–water partition coefficient (Wildman–Crippen LogP) is 0.222. The highest BCUT2D eigenvalue weighted by Gasteiger charge is 2.18. The summed E-state index contributed by atoms with van der Waals surface area (Å²) < 4.78 is 10.8. The van der Waals surface area contributed by atoms with Gasteiger partial charge in [0.2, 0.25) is 0 Å². The number of carbonyl (C=O) groups excluding carboxylic acids is 1. The molecule has 1 aromatic heterocycles. The van der Waals surface area contributed by atoms with Gasteiger partial charge in [0.15, 0.2) is 0 Å². The molecule has 0 aromatic carbocycles. The topological polar surface area (TPSA) is 76.6 Å². The van der Waals surface area contributed by atoms with Gasteiger partial charge in [-0.15, -0.1) is 0 Å². The first-order chi connectivity index (χ1) is 10.3. The highest BCUT2D eigenvalue weighted by Crippen LogP contribution is 2.13. The van der Waals surface area contributed by atoms with E-state index in [-0.39, 0.29) is 12.0 Å². The number of aromatic nitrogens is 2. The van der Waals surface area contributed by atoms with Crippen LogP contribution in [0, 0.1) is 0 Å². The number of hydrogen-bond acceptors (Lipinski definition) is 6. The van der Waals surface area contributed by atoms with Crippen molar-refractivity contribution in [1.29, 1.82) is 0 Å². The van der Waals surface area contributed by atoms with Crippen LogP contribution in [0.4, 0.5) is 5.82 Å². The van der Waals surface area contributed by atoms with E-state index < -0.39 is 0 Å². The fourth-order valence-electron chi connectivity index (χ4n) is 2.54. The molecule has 1 unspecified atom stereocenters. The molecule has 0 saturated carbocycles. The lowest BCUT2D eigenvalue weighted by Gasteiger charge is -2.27. The second-order valence-electron chi connectivity index (χ2n) is 5.21. The van der Waals surface area contributed by atoms with Gasteiger partial charge in [0, 0.05) is 32.3 Å². The summed E-state index contributed by atoms with van der Waals surface area (Å²) in [6.45, 7) is 4.27. The zero-order valence-electron chi connectivity index (χ0n) is 12.0. The quantitative estimate of drug-likeness (QED) is 0.855. The van der Waals surface area contributed by atoms with E-state index in [0.29, 0.717) is 25.5 Å². The number of ether oxygens (including phenoxy) is 2. The predicted molar refractivity (Wildman–Crippen MR) is 76.4 cm³/mol. The van der Waals surface area contributed by atoms with Gasteiger partial charge in [-0.05, 0) is 12.8 Å². The number of rotatable bonds is 4. The van der Waals surface area contributed by atoms with Gasteiger partial charge in [0.1, 0.15) is 17.8 Å². The molecule has 1 atom stereocenters. The third kappa shape index (κ3) is 3.68. The maximum Gasteiger partial charge on any atom is 0.270 e. The molecule has 3 heterocycles.